The smallest absolute Gasteiger partial charge is 0.247 e. The van der Waals surface area contributed by atoms with Crippen molar-refractivity contribution < 1.29 is 17.9 Å². The molecular weight excluding hydrogens is 376 g/mol. The zero-order chi connectivity index (χ0) is 19.3. The number of nitrogens with zero attached hydrogens (tertiary/aromatic N) is 1. The number of hydrogen-bond donors (Lipinski definition) is 1. The van der Waals surface area contributed by atoms with Gasteiger partial charge in [-0.1, -0.05) is 41.9 Å². The lowest BCUT2D eigenvalue weighted by atomic mass is 10.1. The van der Waals surface area contributed by atoms with E-state index in [9.17, 15) is 13.2 Å². The third-order valence-corrected chi connectivity index (χ3v) is 5.92. The van der Waals surface area contributed by atoms with Gasteiger partial charge >= 0.3 is 0 Å². The number of sulfonamides is 1. The predicted molar refractivity (Wildman–Crippen MR) is 101 cm³/mol. The van der Waals surface area contributed by atoms with Crippen LogP contribution < -0.4 is 10.1 Å². The molecule has 0 aliphatic carbocycles. The van der Waals surface area contributed by atoms with Crippen molar-refractivity contribution in [3.05, 3.63) is 59.1 Å². The second-order valence-corrected chi connectivity index (χ2v) is 8.21. The molecule has 0 unspecified atom stereocenters. The quantitative estimate of drug-likeness (QED) is 0.780. The van der Waals surface area contributed by atoms with Gasteiger partial charge in [-0.05, 0) is 30.7 Å². The Kier molecular flexibility index (Phi) is 6.63. The summed E-state index contributed by atoms with van der Waals surface area (Å²) >= 11 is 5.91. The number of nitrogens with one attached hydrogen (secondary N) is 1. The first kappa shape index (κ1) is 20.2. The van der Waals surface area contributed by atoms with Crippen LogP contribution in [0.25, 0.3) is 0 Å². The van der Waals surface area contributed by atoms with Crippen LogP contribution in [0, 0.1) is 0 Å². The molecule has 1 N–H and O–H groups in total. The lowest BCUT2D eigenvalue weighted by molar-refractivity contribution is -0.121. The molecule has 0 fully saturated rings. The first-order chi connectivity index (χ1) is 12.3. The van der Waals surface area contributed by atoms with Gasteiger partial charge in [0.1, 0.15) is 10.6 Å². The van der Waals surface area contributed by atoms with Crippen molar-refractivity contribution in [3.8, 4) is 5.75 Å². The summed E-state index contributed by atoms with van der Waals surface area (Å²) in [6, 6.07) is 13.5. The standard InChI is InChI=1S/C18H21ClN2O4S/c1-13(14-7-5-4-6-8-14)20-18(22)12-21(2)26(23,24)17-11-15(19)9-10-16(17)25-3/h4-11,13H,12H2,1-3H3,(H,20,22)/t13-/m1/s1. The maximum Gasteiger partial charge on any atom is 0.247 e. The van der Waals surface area contributed by atoms with Crippen LogP contribution in [-0.4, -0.2) is 39.3 Å². The minimum Gasteiger partial charge on any atom is -0.495 e. The number of carbonyl (C=O) groups excluding carboxylic acids is 1. The van der Waals surface area contributed by atoms with Crippen LogP contribution >= 0.6 is 11.6 Å². The van der Waals surface area contributed by atoms with E-state index in [-0.39, 0.29) is 28.3 Å². The van der Waals surface area contributed by atoms with Crippen LogP contribution in [0.4, 0.5) is 0 Å². The van der Waals surface area contributed by atoms with E-state index in [4.69, 9.17) is 16.3 Å². The number of methoxy groups -OCH3 is 1. The molecular formula is C18H21ClN2O4S. The first-order valence-corrected chi connectivity index (χ1v) is 9.71. The third-order valence-electron chi connectivity index (χ3n) is 3.86. The van der Waals surface area contributed by atoms with Crippen LogP contribution in [0.5, 0.6) is 5.75 Å². The van der Waals surface area contributed by atoms with Gasteiger partial charge < -0.3 is 10.1 Å². The van der Waals surface area contributed by atoms with Crippen molar-refractivity contribution in [1.82, 2.24) is 9.62 Å². The summed E-state index contributed by atoms with van der Waals surface area (Å²) in [5.74, 6) is -0.243. The van der Waals surface area contributed by atoms with Crippen molar-refractivity contribution in [2.24, 2.45) is 0 Å². The number of rotatable bonds is 7. The maximum atomic E-state index is 12.8. The number of halogens is 1. The summed E-state index contributed by atoms with van der Waals surface area (Å²) in [6.45, 7) is 1.51. The fourth-order valence-corrected chi connectivity index (χ4v) is 3.96. The average Bonchev–Trinajstić information content (AvgIpc) is 2.62. The second-order valence-electron chi connectivity index (χ2n) is 5.76. The Morgan fingerprint density at radius 3 is 2.50 bits per heavy atom. The largest absolute Gasteiger partial charge is 0.495 e. The fraction of sp³-hybridized carbons (Fsp3) is 0.278. The Balaban J connectivity index is 2.12. The van der Waals surface area contributed by atoms with E-state index in [2.05, 4.69) is 5.32 Å². The molecule has 0 saturated heterocycles. The Morgan fingerprint density at radius 1 is 1.23 bits per heavy atom. The molecule has 1 amide bonds. The number of amides is 1. The van der Waals surface area contributed by atoms with E-state index in [0.717, 1.165) is 9.87 Å². The van der Waals surface area contributed by atoms with Crippen molar-refractivity contribution >= 4 is 27.5 Å². The molecule has 2 aromatic rings. The zero-order valence-corrected chi connectivity index (χ0v) is 16.3. The van der Waals surface area contributed by atoms with Gasteiger partial charge in [0.05, 0.1) is 19.7 Å². The summed E-state index contributed by atoms with van der Waals surface area (Å²) < 4.78 is 31.6. The maximum absolute atomic E-state index is 12.8. The SMILES string of the molecule is COc1ccc(Cl)cc1S(=O)(=O)N(C)CC(=O)N[C@H](C)c1ccccc1. The molecule has 140 valence electrons. The number of benzene rings is 2. The van der Waals surface area contributed by atoms with Crippen molar-refractivity contribution in [2.45, 2.75) is 17.9 Å². The molecule has 26 heavy (non-hydrogen) atoms. The van der Waals surface area contributed by atoms with Gasteiger partial charge in [-0.15, -0.1) is 0 Å². The van der Waals surface area contributed by atoms with Crippen LogP contribution in [-0.2, 0) is 14.8 Å². The van der Waals surface area contributed by atoms with E-state index in [1.54, 1.807) is 0 Å². The highest BCUT2D eigenvalue weighted by Gasteiger charge is 2.27. The van der Waals surface area contributed by atoms with E-state index < -0.39 is 15.9 Å². The highest BCUT2D eigenvalue weighted by atomic mass is 35.5. The van der Waals surface area contributed by atoms with Gasteiger partial charge in [0, 0.05) is 12.1 Å². The Morgan fingerprint density at radius 2 is 1.88 bits per heavy atom. The second kappa shape index (κ2) is 8.53. The summed E-state index contributed by atoms with van der Waals surface area (Å²) in [5, 5.41) is 3.05. The highest BCUT2D eigenvalue weighted by molar-refractivity contribution is 7.89. The van der Waals surface area contributed by atoms with Gasteiger partial charge in [0.25, 0.3) is 0 Å². The topological polar surface area (TPSA) is 75.7 Å². The molecule has 2 rings (SSSR count). The lowest BCUT2D eigenvalue weighted by Gasteiger charge is -2.20. The zero-order valence-electron chi connectivity index (χ0n) is 14.8. The van der Waals surface area contributed by atoms with Crippen molar-refractivity contribution in [1.29, 1.82) is 0 Å². The monoisotopic (exact) mass is 396 g/mol. The van der Waals surface area contributed by atoms with Gasteiger partial charge in [-0.3, -0.25) is 4.79 Å². The van der Waals surface area contributed by atoms with E-state index in [1.165, 1.54) is 32.4 Å². The fourth-order valence-electron chi connectivity index (χ4n) is 2.42. The molecule has 1 atom stereocenters. The van der Waals surface area contributed by atoms with E-state index in [0.29, 0.717) is 0 Å². The van der Waals surface area contributed by atoms with Crippen LogP contribution in [0.15, 0.2) is 53.4 Å². The Bertz CT molecular complexity index is 872. The minimum absolute atomic E-state index is 0.0843. The van der Waals surface area contributed by atoms with Gasteiger partial charge in [-0.2, -0.15) is 4.31 Å². The number of hydrogen-bond acceptors (Lipinski definition) is 4. The summed E-state index contributed by atoms with van der Waals surface area (Å²) in [4.78, 5) is 12.2. The number of carbonyl (C=O) groups is 1. The van der Waals surface area contributed by atoms with Crippen LogP contribution in [0.2, 0.25) is 5.02 Å². The molecule has 0 aliphatic heterocycles. The van der Waals surface area contributed by atoms with Crippen molar-refractivity contribution in [2.75, 3.05) is 20.7 Å². The van der Waals surface area contributed by atoms with Gasteiger partial charge in [-0.25, -0.2) is 8.42 Å². The Hall–Kier alpha value is -2.09. The van der Waals surface area contributed by atoms with Crippen LogP contribution in [0.3, 0.4) is 0 Å². The Labute approximate surface area is 158 Å². The lowest BCUT2D eigenvalue weighted by Crippen LogP contribution is -2.39. The van der Waals surface area contributed by atoms with Gasteiger partial charge in [0.2, 0.25) is 15.9 Å². The number of likely N-dealkylation sites (N-methyl/N-ethyl adjacent to an activating group) is 1. The molecule has 0 aliphatic rings. The molecule has 0 bridgehead atoms. The van der Waals surface area contributed by atoms with Crippen LogP contribution in [0.1, 0.15) is 18.5 Å². The van der Waals surface area contributed by atoms with Gasteiger partial charge in [0.15, 0.2) is 0 Å². The molecule has 2 aromatic carbocycles. The minimum atomic E-state index is -3.94. The summed E-state index contributed by atoms with van der Waals surface area (Å²) in [6.07, 6.45) is 0. The molecule has 0 aromatic heterocycles. The van der Waals surface area contributed by atoms with E-state index in [1.807, 2.05) is 37.3 Å². The summed E-state index contributed by atoms with van der Waals surface area (Å²) in [7, 11) is -1.23. The summed E-state index contributed by atoms with van der Waals surface area (Å²) in [5.41, 5.74) is 0.933. The van der Waals surface area contributed by atoms with E-state index >= 15 is 0 Å². The normalized spacial score (nSPS) is 12.7. The predicted octanol–water partition coefficient (Wildman–Crippen LogP) is 2.85. The first-order valence-electron chi connectivity index (χ1n) is 7.90. The molecule has 0 radical (unpaired) electrons. The average molecular weight is 397 g/mol. The molecule has 0 heterocycles. The van der Waals surface area contributed by atoms with Crippen molar-refractivity contribution in [3.63, 3.8) is 0 Å². The molecule has 8 heteroatoms. The molecule has 0 spiro atoms. The third kappa shape index (κ3) is 4.75. The number of ether oxygens (including phenoxy) is 1. The highest BCUT2D eigenvalue weighted by Crippen LogP contribution is 2.29. The molecule has 0 saturated carbocycles. The molecule has 6 nitrogen and oxygen atoms in total.